The van der Waals surface area contributed by atoms with Crippen molar-refractivity contribution in [3.63, 3.8) is 0 Å². The highest BCUT2D eigenvalue weighted by molar-refractivity contribution is 9.10. The van der Waals surface area contributed by atoms with Gasteiger partial charge in [0.15, 0.2) is 0 Å². The number of fused-ring (bicyclic) bond motifs is 1. The van der Waals surface area contributed by atoms with E-state index in [1.165, 1.54) is 4.57 Å². The summed E-state index contributed by atoms with van der Waals surface area (Å²) < 4.78 is 2.32. The van der Waals surface area contributed by atoms with E-state index in [0.29, 0.717) is 5.65 Å². The number of pyridine rings is 2. The molecule has 0 saturated carbocycles. The summed E-state index contributed by atoms with van der Waals surface area (Å²) in [5.41, 5.74) is 0.639. The van der Waals surface area contributed by atoms with Crippen LogP contribution in [0.2, 0.25) is 0 Å². The monoisotopic (exact) mass is 238 g/mol. The van der Waals surface area contributed by atoms with Crippen molar-refractivity contribution in [3.05, 3.63) is 39.2 Å². The third-order valence-corrected chi connectivity index (χ3v) is 2.60. The van der Waals surface area contributed by atoms with Gasteiger partial charge in [-0.1, -0.05) is 0 Å². The van der Waals surface area contributed by atoms with Crippen molar-refractivity contribution in [2.24, 2.45) is 7.05 Å². The highest BCUT2D eigenvalue weighted by Crippen LogP contribution is 2.18. The lowest BCUT2D eigenvalue weighted by atomic mass is 10.3. The average molecular weight is 239 g/mol. The molecule has 0 aliphatic rings. The van der Waals surface area contributed by atoms with Gasteiger partial charge in [0.1, 0.15) is 5.65 Å². The Kier molecular flexibility index (Phi) is 1.92. The Labute approximate surface area is 83.2 Å². The summed E-state index contributed by atoms with van der Waals surface area (Å²) in [7, 11) is 1.71. The van der Waals surface area contributed by atoms with Crippen molar-refractivity contribution >= 4 is 27.0 Å². The minimum atomic E-state index is -0.0573. The first-order valence-corrected chi connectivity index (χ1v) is 4.60. The molecule has 0 N–H and O–H groups in total. The number of halogens is 1. The van der Waals surface area contributed by atoms with E-state index in [2.05, 4.69) is 20.9 Å². The zero-order chi connectivity index (χ0) is 9.42. The van der Waals surface area contributed by atoms with Crippen LogP contribution in [0, 0.1) is 0 Å². The Balaban J connectivity index is 3.06. The maximum atomic E-state index is 11.3. The summed E-state index contributed by atoms with van der Waals surface area (Å²) in [5.74, 6) is 0. The first-order valence-electron chi connectivity index (χ1n) is 3.80. The molecule has 0 atom stereocenters. The molecule has 2 aromatic rings. The van der Waals surface area contributed by atoms with Crippen LogP contribution < -0.4 is 5.56 Å². The van der Waals surface area contributed by atoms with Crippen LogP contribution in [0.1, 0.15) is 0 Å². The molecular weight excluding hydrogens is 232 g/mol. The Hall–Kier alpha value is -1.16. The molecule has 13 heavy (non-hydrogen) atoms. The van der Waals surface area contributed by atoms with Crippen molar-refractivity contribution in [2.75, 3.05) is 0 Å². The summed E-state index contributed by atoms with van der Waals surface area (Å²) in [5, 5.41) is 0.949. The number of nitrogens with zero attached hydrogens (tertiary/aromatic N) is 2. The second kappa shape index (κ2) is 2.96. The lowest BCUT2D eigenvalue weighted by Gasteiger charge is -2.03. The molecular formula is C9H7BrN2O. The molecule has 66 valence electrons. The van der Waals surface area contributed by atoms with Crippen molar-refractivity contribution < 1.29 is 0 Å². The SMILES string of the molecule is Cn1c(=O)cc(Br)c2cccnc21. The highest BCUT2D eigenvalue weighted by atomic mass is 79.9. The second-order valence-electron chi connectivity index (χ2n) is 2.76. The van der Waals surface area contributed by atoms with Gasteiger partial charge in [-0.3, -0.25) is 9.36 Å². The van der Waals surface area contributed by atoms with Gasteiger partial charge >= 0.3 is 0 Å². The van der Waals surface area contributed by atoms with Crippen LogP contribution in [-0.2, 0) is 7.05 Å². The third kappa shape index (κ3) is 1.27. The molecule has 0 aliphatic carbocycles. The highest BCUT2D eigenvalue weighted by Gasteiger charge is 2.03. The fraction of sp³-hybridized carbons (Fsp3) is 0.111. The molecule has 0 spiro atoms. The topological polar surface area (TPSA) is 34.9 Å². The molecule has 0 saturated heterocycles. The Bertz CT molecular complexity index is 518. The summed E-state index contributed by atoms with van der Waals surface area (Å²) in [6, 6.07) is 5.31. The smallest absolute Gasteiger partial charge is 0.253 e. The molecule has 0 unspecified atom stereocenters. The first kappa shape index (κ1) is 8.44. The van der Waals surface area contributed by atoms with Crippen molar-refractivity contribution in [3.8, 4) is 0 Å². The van der Waals surface area contributed by atoms with Gasteiger partial charge in [0.05, 0.1) is 0 Å². The van der Waals surface area contributed by atoms with E-state index in [-0.39, 0.29) is 5.56 Å². The zero-order valence-electron chi connectivity index (χ0n) is 6.99. The summed E-state index contributed by atoms with van der Waals surface area (Å²) in [6.45, 7) is 0. The minimum Gasteiger partial charge on any atom is -0.296 e. The van der Waals surface area contributed by atoms with Crippen molar-refractivity contribution in [1.29, 1.82) is 0 Å². The van der Waals surface area contributed by atoms with E-state index in [0.717, 1.165) is 9.86 Å². The third-order valence-electron chi connectivity index (χ3n) is 1.94. The van der Waals surface area contributed by atoms with E-state index in [4.69, 9.17) is 0 Å². The summed E-state index contributed by atoms with van der Waals surface area (Å²) >= 11 is 3.33. The van der Waals surface area contributed by atoms with Crippen LogP contribution in [0.15, 0.2) is 33.7 Å². The summed E-state index contributed by atoms with van der Waals surface area (Å²) in [6.07, 6.45) is 1.67. The number of aryl methyl sites for hydroxylation is 1. The van der Waals surface area contributed by atoms with Crippen LogP contribution in [0.5, 0.6) is 0 Å². The number of rotatable bonds is 0. The predicted octanol–water partition coefficient (Wildman–Crippen LogP) is 1.70. The normalized spacial score (nSPS) is 10.6. The quantitative estimate of drug-likeness (QED) is 0.701. The maximum absolute atomic E-state index is 11.3. The van der Waals surface area contributed by atoms with Gasteiger partial charge in [-0.15, -0.1) is 0 Å². The fourth-order valence-corrected chi connectivity index (χ4v) is 1.74. The van der Waals surface area contributed by atoms with Gasteiger partial charge in [-0.2, -0.15) is 0 Å². The van der Waals surface area contributed by atoms with Crippen LogP contribution in [0.25, 0.3) is 11.0 Å². The van der Waals surface area contributed by atoms with E-state index >= 15 is 0 Å². The molecule has 4 heteroatoms. The first-order chi connectivity index (χ1) is 6.20. The van der Waals surface area contributed by atoms with Gasteiger partial charge in [-0.25, -0.2) is 4.98 Å². The molecule has 0 fully saturated rings. The molecule has 2 aromatic heterocycles. The molecule has 0 aliphatic heterocycles. The molecule has 0 amide bonds. The lowest BCUT2D eigenvalue weighted by Crippen LogP contribution is -2.16. The minimum absolute atomic E-state index is 0.0573. The van der Waals surface area contributed by atoms with Gasteiger partial charge < -0.3 is 0 Å². The summed E-state index contributed by atoms with van der Waals surface area (Å²) in [4.78, 5) is 15.5. The number of hydrogen-bond donors (Lipinski definition) is 0. The van der Waals surface area contributed by atoms with E-state index in [1.807, 2.05) is 12.1 Å². The van der Waals surface area contributed by atoms with Gasteiger partial charge in [0, 0.05) is 29.2 Å². The van der Waals surface area contributed by atoms with E-state index < -0.39 is 0 Å². The Morgan fingerprint density at radius 2 is 2.31 bits per heavy atom. The van der Waals surface area contributed by atoms with E-state index in [9.17, 15) is 4.79 Å². The average Bonchev–Trinajstić information content (AvgIpc) is 2.15. The van der Waals surface area contributed by atoms with Crippen LogP contribution in [0.4, 0.5) is 0 Å². The largest absolute Gasteiger partial charge is 0.296 e. The Morgan fingerprint density at radius 1 is 1.54 bits per heavy atom. The fourth-order valence-electron chi connectivity index (χ4n) is 1.24. The van der Waals surface area contributed by atoms with Crippen molar-refractivity contribution in [1.82, 2.24) is 9.55 Å². The molecule has 3 nitrogen and oxygen atoms in total. The second-order valence-corrected chi connectivity index (χ2v) is 3.62. The standard InChI is InChI=1S/C9H7BrN2O/c1-12-8(13)5-7(10)6-3-2-4-11-9(6)12/h2-5H,1H3. The predicted molar refractivity (Wildman–Crippen MR) is 54.7 cm³/mol. The van der Waals surface area contributed by atoms with Crippen LogP contribution >= 0.6 is 15.9 Å². The zero-order valence-corrected chi connectivity index (χ0v) is 8.58. The van der Waals surface area contributed by atoms with Crippen LogP contribution in [-0.4, -0.2) is 9.55 Å². The maximum Gasteiger partial charge on any atom is 0.253 e. The van der Waals surface area contributed by atoms with Crippen molar-refractivity contribution in [2.45, 2.75) is 0 Å². The molecule has 0 aromatic carbocycles. The molecule has 2 rings (SSSR count). The molecule has 0 bridgehead atoms. The van der Waals surface area contributed by atoms with Gasteiger partial charge in [0.25, 0.3) is 5.56 Å². The van der Waals surface area contributed by atoms with Gasteiger partial charge in [0.2, 0.25) is 0 Å². The molecule has 2 heterocycles. The number of hydrogen-bond acceptors (Lipinski definition) is 2. The van der Waals surface area contributed by atoms with Crippen LogP contribution in [0.3, 0.4) is 0 Å². The lowest BCUT2D eigenvalue weighted by molar-refractivity contribution is 0.886. The Morgan fingerprint density at radius 3 is 3.08 bits per heavy atom. The van der Waals surface area contributed by atoms with Gasteiger partial charge in [-0.05, 0) is 28.1 Å². The van der Waals surface area contributed by atoms with E-state index in [1.54, 1.807) is 19.3 Å². The number of aromatic nitrogens is 2. The molecule has 0 radical (unpaired) electrons.